The fraction of sp³-hybridized carbons (Fsp3) is 0.400. The third kappa shape index (κ3) is 4.80. The molecule has 1 rings (SSSR count). The van der Waals surface area contributed by atoms with Crippen molar-refractivity contribution in [2.24, 2.45) is 0 Å². The molecule has 0 spiro atoms. The maximum absolute atomic E-state index is 10.8. The molecule has 0 saturated carbocycles. The fourth-order valence-corrected chi connectivity index (χ4v) is 1.43. The Balaban J connectivity index is 2.51. The van der Waals surface area contributed by atoms with Gasteiger partial charge in [-0.25, -0.2) is 8.42 Å². The number of sulfone groups is 1. The summed E-state index contributed by atoms with van der Waals surface area (Å²) in [6.45, 7) is 0.0803. The molecule has 84 valence electrons. The van der Waals surface area contributed by atoms with Gasteiger partial charge in [0, 0.05) is 6.26 Å². The van der Waals surface area contributed by atoms with Crippen molar-refractivity contribution < 1.29 is 18.3 Å². The molecule has 0 radical (unpaired) electrons. The fourth-order valence-electron chi connectivity index (χ4n) is 1.04. The van der Waals surface area contributed by atoms with Gasteiger partial charge in [0.15, 0.2) is 9.84 Å². The molecule has 0 aromatic heterocycles. The van der Waals surface area contributed by atoms with Gasteiger partial charge in [-0.2, -0.15) is 0 Å². The summed E-state index contributed by atoms with van der Waals surface area (Å²) < 4.78 is 26.9. The predicted octanol–water partition coefficient (Wildman–Crippen LogP) is 0.602. The van der Waals surface area contributed by atoms with Crippen molar-refractivity contribution in [1.82, 2.24) is 0 Å². The van der Waals surface area contributed by atoms with Crippen molar-refractivity contribution in [1.29, 1.82) is 0 Å². The first kappa shape index (κ1) is 12.0. The minimum absolute atomic E-state index is 0.00362. The van der Waals surface area contributed by atoms with E-state index < -0.39 is 9.84 Å². The lowest BCUT2D eigenvalue weighted by atomic mass is 10.2. The Morgan fingerprint density at radius 1 is 1.40 bits per heavy atom. The normalized spacial score (nSPS) is 11.3. The van der Waals surface area contributed by atoms with E-state index in [1.54, 1.807) is 24.3 Å². The van der Waals surface area contributed by atoms with Gasteiger partial charge in [-0.3, -0.25) is 0 Å². The second-order valence-electron chi connectivity index (χ2n) is 3.28. The van der Waals surface area contributed by atoms with E-state index in [4.69, 9.17) is 9.84 Å². The van der Waals surface area contributed by atoms with Crippen LogP contribution in [0.1, 0.15) is 5.56 Å². The highest BCUT2D eigenvalue weighted by Gasteiger charge is 2.02. The van der Waals surface area contributed by atoms with Crippen molar-refractivity contribution >= 4 is 9.84 Å². The highest BCUT2D eigenvalue weighted by molar-refractivity contribution is 7.90. The molecule has 0 saturated heterocycles. The van der Waals surface area contributed by atoms with Crippen LogP contribution in [0, 0.1) is 0 Å². The van der Waals surface area contributed by atoms with E-state index in [1.165, 1.54) is 6.26 Å². The van der Waals surface area contributed by atoms with Gasteiger partial charge in [-0.05, 0) is 17.7 Å². The number of rotatable bonds is 5. The van der Waals surface area contributed by atoms with Crippen LogP contribution in [0.25, 0.3) is 0 Å². The lowest BCUT2D eigenvalue weighted by Crippen LogP contribution is -2.12. The number of ether oxygens (including phenoxy) is 1. The predicted molar refractivity (Wildman–Crippen MR) is 57.6 cm³/mol. The molecule has 0 amide bonds. The second kappa shape index (κ2) is 5.14. The zero-order chi connectivity index (χ0) is 11.3. The van der Waals surface area contributed by atoms with Crippen LogP contribution in [0.15, 0.2) is 24.3 Å². The Morgan fingerprint density at radius 3 is 2.73 bits per heavy atom. The first-order valence-electron chi connectivity index (χ1n) is 4.51. The number of benzene rings is 1. The zero-order valence-electron chi connectivity index (χ0n) is 8.51. The average molecular weight is 230 g/mol. The molecule has 5 heteroatoms. The van der Waals surface area contributed by atoms with Gasteiger partial charge in [0.05, 0.1) is 12.4 Å². The van der Waals surface area contributed by atoms with Crippen LogP contribution in [-0.2, 0) is 16.4 Å². The third-order valence-corrected chi connectivity index (χ3v) is 2.71. The van der Waals surface area contributed by atoms with E-state index in [1.807, 2.05) is 0 Å². The average Bonchev–Trinajstić information content (AvgIpc) is 2.16. The standard InChI is InChI=1S/C10H14O4S/c1-15(12,13)6-5-14-10-4-2-3-9(7-10)8-11/h2-4,7,11H,5-6,8H2,1H3. The van der Waals surface area contributed by atoms with Crippen molar-refractivity contribution in [2.45, 2.75) is 6.61 Å². The summed E-state index contributed by atoms with van der Waals surface area (Å²) in [4.78, 5) is 0. The molecular weight excluding hydrogens is 216 g/mol. The molecule has 0 aliphatic rings. The van der Waals surface area contributed by atoms with Gasteiger partial charge in [0.1, 0.15) is 12.4 Å². The van der Waals surface area contributed by atoms with Crippen molar-refractivity contribution in [3.05, 3.63) is 29.8 Å². The minimum Gasteiger partial charge on any atom is -0.493 e. The molecule has 0 atom stereocenters. The molecule has 0 aliphatic heterocycles. The van der Waals surface area contributed by atoms with Crippen LogP contribution in [0.3, 0.4) is 0 Å². The molecular formula is C10H14O4S. The van der Waals surface area contributed by atoms with E-state index in [2.05, 4.69) is 0 Å². The molecule has 0 unspecified atom stereocenters. The lowest BCUT2D eigenvalue weighted by molar-refractivity contribution is 0.280. The maximum Gasteiger partial charge on any atom is 0.150 e. The molecule has 1 N–H and O–H groups in total. The number of hydrogen-bond acceptors (Lipinski definition) is 4. The van der Waals surface area contributed by atoms with E-state index >= 15 is 0 Å². The Bertz CT molecular complexity index is 411. The summed E-state index contributed by atoms with van der Waals surface area (Å²) in [5, 5.41) is 8.87. The largest absolute Gasteiger partial charge is 0.493 e. The topological polar surface area (TPSA) is 63.6 Å². The van der Waals surface area contributed by atoms with Crippen molar-refractivity contribution in [3.8, 4) is 5.75 Å². The molecule has 15 heavy (non-hydrogen) atoms. The molecule has 1 aromatic carbocycles. The van der Waals surface area contributed by atoms with Crippen LogP contribution in [-0.4, -0.2) is 32.1 Å². The Kier molecular flexibility index (Phi) is 4.11. The molecule has 0 fully saturated rings. The highest BCUT2D eigenvalue weighted by Crippen LogP contribution is 2.13. The molecule has 1 aromatic rings. The molecule has 0 heterocycles. The summed E-state index contributed by atoms with van der Waals surface area (Å²) in [6.07, 6.45) is 1.17. The second-order valence-corrected chi connectivity index (χ2v) is 5.54. The molecule has 4 nitrogen and oxygen atoms in total. The van der Waals surface area contributed by atoms with Gasteiger partial charge < -0.3 is 9.84 Å². The lowest BCUT2D eigenvalue weighted by Gasteiger charge is -2.06. The van der Waals surface area contributed by atoms with E-state index in [9.17, 15) is 8.42 Å². The third-order valence-electron chi connectivity index (χ3n) is 1.80. The van der Waals surface area contributed by atoms with E-state index in [-0.39, 0.29) is 19.0 Å². The maximum atomic E-state index is 10.8. The Labute approximate surface area is 89.4 Å². The van der Waals surface area contributed by atoms with Crippen LogP contribution in [0.5, 0.6) is 5.75 Å². The van der Waals surface area contributed by atoms with Crippen LogP contribution < -0.4 is 4.74 Å². The Morgan fingerprint density at radius 2 is 2.13 bits per heavy atom. The summed E-state index contributed by atoms with van der Waals surface area (Å²) in [6, 6.07) is 6.93. The number of aliphatic hydroxyl groups is 1. The summed E-state index contributed by atoms with van der Waals surface area (Å²) in [5.41, 5.74) is 0.742. The summed E-state index contributed by atoms with van der Waals surface area (Å²) in [7, 11) is -2.98. The van der Waals surface area contributed by atoms with Crippen molar-refractivity contribution in [3.63, 3.8) is 0 Å². The van der Waals surface area contributed by atoms with Crippen molar-refractivity contribution in [2.75, 3.05) is 18.6 Å². The zero-order valence-corrected chi connectivity index (χ0v) is 9.33. The summed E-state index contributed by atoms with van der Waals surface area (Å²) >= 11 is 0. The van der Waals surface area contributed by atoms with Gasteiger partial charge in [-0.1, -0.05) is 12.1 Å². The highest BCUT2D eigenvalue weighted by atomic mass is 32.2. The summed E-state index contributed by atoms with van der Waals surface area (Å²) in [5.74, 6) is 0.571. The molecule has 0 aliphatic carbocycles. The van der Waals surface area contributed by atoms with Crippen LogP contribution in [0.4, 0.5) is 0 Å². The quantitative estimate of drug-likeness (QED) is 0.804. The van der Waals surface area contributed by atoms with Crippen LogP contribution in [0.2, 0.25) is 0 Å². The van der Waals surface area contributed by atoms with Gasteiger partial charge in [-0.15, -0.1) is 0 Å². The monoisotopic (exact) mass is 230 g/mol. The minimum atomic E-state index is -2.98. The number of hydrogen-bond donors (Lipinski definition) is 1. The first-order valence-corrected chi connectivity index (χ1v) is 6.57. The van der Waals surface area contributed by atoms with Gasteiger partial charge >= 0.3 is 0 Å². The van der Waals surface area contributed by atoms with Gasteiger partial charge in [0.25, 0.3) is 0 Å². The molecule has 0 bridgehead atoms. The van der Waals surface area contributed by atoms with E-state index in [0.717, 1.165) is 5.56 Å². The SMILES string of the molecule is CS(=O)(=O)CCOc1cccc(CO)c1. The first-order chi connectivity index (χ1) is 7.01. The van der Waals surface area contributed by atoms with Crippen LogP contribution >= 0.6 is 0 Å². The number of aliphatic hydroxyl groups excluding tert-OH is 1. The van der Waals surface area contributed by atoms with Gasteiger partial charge in [0.2, 0.25) is 0 Å². The smallest absolute Gasteiger partial charge is 0.150 e. The Hall–Kier alpha value is -1.07. The van der Waals surface area contributed by atoms with E-state index in [0.29, 0.717) is 5.75 Å².